The number of carbonyl (C=O) groups excluding carboxylic acids is 1. The van der Waals surface area contributed by atoms with Gasteiger partial charge in [-0.05, 0) is 12.8 Å². The van der Waals surface area contributed by atoms with Crippen molar-refractivity contribution in [3.05, 3.63) is 0 Å². The number of aliphatic carboxylic acids is 1. The van der Waals surface area contributed by atoms with E-state index in [9.17, 15) is 18.0 Å². The lowest BCUT2D eigenvalue weighted by Crippen LogP contribution is -2.42. The highest BCUT2D eigenvalue weighted by Gasteiger charge is 2.15. The van der Waals surface area contributed by atoms with E-state index >= 15 is 0 Å². The van der Waals surface area contributed by atoms with Crippen LogP contribution in [-0.2, 0) is 19.4 Å². The zero-order valence-corrected chi connectivity index (χ0v) is 10.5. The van der Waals surface area contributed by atoms with Gasteiger partial charge < -0.3 is 16.2 Å². The number of amides is 1. The number of nitrogens with one attached hydrogen (secondary N) is 1. The minimum Gasteiger partial charge on any atom is -0.481 e. The summed E-state index contributed by atoms with van der Waals surface area (Å²) in [5.74, 6) is -1.53. The Morgan fingerprint density at radius 1 is 1.41 bits per heavy atom. The van der Waals surface area contributed by atoms with E-state index in [4.69, 9.17) is 10.8 Å². The van der Waals surface area contributed by atoms with E-state index in [2.05, 4.69) is 5.32 Å². The third-order valence-electron chi connectivity index (χ3n) is 2.00. The Bertz CT molecular complexity index is 366. The number of carboxylic acids is 1. The highest BCUT2D eigenvalue weighted by molar-refractivity contribution is 7.90. The third kappa shape index (κ3) is 9.76. The maximum Gasteiger partial charge on any atom is 0.303 e. The summed E-state index contributed by atoms with van der Waals surface area (Å²) in [7, 11) is -3.13. The van der Waals surface area contributed by atoms with Crippen LogP contribution in [0.25, 0.3) is 0 Å². The average Bonchev–Trinajstić information content (AvgIpc) is 2.19. The monoisotopic (exact) mass is 266 g/mol. The number of hydrogen-bond donors (Lipinski definition) is 3. The Balaban J connectivity index is 3.79. The molecule has 8 heteroatoms. The van der Waals surface area contributed by atoms with Gasteiger partial charge >= 0.3 is 5.97 Å². The van der Waals surface area contributed by atoms with Crippen molar-refractivity contribution in [3.63, 3.8) is 0 Å². The van der Waals surface area contributed by atoms with Crippen molar-refractivity contribution in [2.24, 2.45) is 5.73 Å². The summed E-state index contributed by atoms with van der Waals surface area (Å²) < 4.78 is 21.7. The Hall–Kier alpha value is -1.15. The molecule has 0 aromatic rings. The molecule has 0 spiro atoms. The molecule has 0 aliphatic heterocycles. The zero-order chi connectivity index (χ0) is 13.5. The fourth-order valence-corrected chi connectivity index (χ4v) is 1.74. The Morgan fingerprint density at radius 2 is 2.00 bits per heavy atom. The van der Waals surface area contributed by atoms with Gasteiger partial charge in [0.25, 0.3) is 0 Å². The molecule has 0 aliphatic carbocycles. The molecule has 0 saturated carbocycles. The highest BCUT2D eigenvalue weighted by atomic mass is 32.2. The zero-order valence-electron chi connectivity index (χ0n) is 9.68. The van der Waals surface area contributed by atoms with Crippen LogP contribution in [0.5, 0.6) is 0 Å². The maximum atomic E-state index is 11.3. The second-order valence-electron chi connectivity index (χ2n) is 3.81. The number of rotatable bonds is 8. The van der Waals surface area contributed by atoms with E-state index in [0.29, 0.717) is 6.42 Å². The quantitative estimate of drug-likeness (QED) is 0.470. The van der Waals surface area contributed by atoms with Crippen LogP contribution in [0.2, 0.25) is 0 Å². The number of sulfone groups is 1. The minimum atomic E-state index is -3.13. The highest BCUT2D eigenvalue weighted by Crippen LogP contribution is 1.94. The first-order valence-corrected chi connectivity index (χ1v) is 7.21. The topological polar surface area (TPSA) is 127 Å². The molecule has 1 unspecified atom stereocenters. The summed E-state index contributed by atoms with van der Waals surface area (Å²) in [5.41, 5.74) is 5.47. The second-order valence-corrected chi connectivity index (χ2v) is 6.07. The van der Waals surface area contributed by atoms with Gasteiger partial charge in [0.1, 0.15) is 9.84 Å². The predicted molar refractivity (Wildman–Crippen MR) is 62.2 cm³/mol. The summed E-state index contributed by atoms with van der Waals surface area (Å²) in [6, 6.07) is -0.880. The number of carbonyl (C=O) groups is 2. The van der Waals surface area contributed by atoms with Gasteiger partial charge in [0.15, 0.2) is 0 Å². The minimum absolute atomic E-state index is 0.0289. The van der Waals surface area contributed by atoms with Crippen LogP contribution in [0.4, 0.5) is 0 Å². The molecule has 0 rings (SSSR count). The number of carboxylic acid groups (broad SMARTS) is 1. The molecule has 100 valence electrons. The predicted octanol–water partition coefficient (Wildman–Crippen LogP) is -1.27. The molecule has 0 fully saturated rings. The maximum absolute atomic E-state index is 11.3. The van der Waals surface area contributed by atoms with Crippen molar-refractivity contribution >= 4 is 21.7 Å². The van der Waals surface area contributed by atoms with Crippen molar-refractivity contribution in [1.29, 1.82) is 0 Å². The molecular formula is C9H18N2O5S. The summed E-state index contributed by atoms with van der Waals surface area (Å²) in [4.78, 5) is 21.5. The molecule has 0 heterocycles. The van der Waals surface area contributed by atoms with Gasteiger partial charge in [-0.3, -0.25) is 9.59 Å². The molecule has 7 nitrogen and oxygen atoms in total. The first-order valence-electron chi connectivity index (χ1n) is 5.15. The Kier molecular flexibility index (Phi) is 6.74. The molecule has 0 aliphatic rings. The van der Waals surface area contributed by atoms with Crippen LogP contribution < -0.4 is 11.1 Å². The van der Waals surface area contributed by atoms with Crippen molar-refractivity contribution in [1.82, 2.24) is 5.32 Å². The van der Waals surface area contributed by atoms with Crippen LogP contribution in [0, 0.1) is 0 Å². The second kappa shape index (κ2) is 7.23. The molecule has 1 atom stereocenters. The lowest BCUT2D eigenvalue weighted by Gasteiger charge is -2.11. The largest absolute Gasteiger partial charge is 0.481 e. The molecule has 4 N–H and O–H groups in total. The summed E-state index contributed by atoms with van der Waals surface area (Å²) >= 11 is 0. The Labute approximate surface area is 100 Å². The average molecular weight is 266 g/mol. The fourth-order valence-electron chi connectivity index (χ4n) is 1.05. The van der Waals surface area contributed by atoms with Gasteiger partial charge in [-0.15, -0.1) is 0 Å². The van der Waals surface area contributed by atoms with Crippen LogP contribution in [0.15, 0.2) is 0 Å². The van der Waals surface area contributed by atoms with Crippen molar-refractivity contribution in [2.75, 3.05) is 18.6 Å². The first kappa shape index (κ1) is 15.9. The standard InChI is InChI=1S/C9H18N2O5S/c1-17(15,16)6-4-7(10)9(14)11-5-2-3-8(12)13/h7H,2-6,10H2,1H3,(H,11,14)(H,12,13). The third-order valence-corrected chi connectivity index (χ3v) is 2.98. The van der Waals surface area contributed by atoms with Gasteiger partial charge in [-0.1, -0.05) is 0 Å². The Morgan fingerprint density at radius 3 is 2.47 bits per heavy atom. The number of nitrogens with two attached hydrogens (primary N) is 1. The van der Waals surface area contributed by atoms with Crippen LogP contribution >= 0.6 is 0 Å². The van der Waals surface area contributed by atoms with E-state index in [1.807, 2.05) is 0 Å². The lowest BCUT2D eigenvalue weighted by atomic mass is 10.2. The SMILES string of the molecule is CS(=O)(=O)CCC(N)C(=O)NCCCC(=O)O. The van der Waals surface area contributed by atoms with Crippen molar-refractivity contribution < 1.29 is 23.1 Å². The summed E-state index contributed by atoms with van der Waals surface area (Å²) in [5, 5.41) is 10.8. The van der Waals surface area contributed by atoms with Gasteiger partial charge in [0.2, 0.25) is 5.91 Å². The van der Waals surface area contributed by atoms with E-state index in [0.717, 1.165) is 6.26 Å². The van der Waals surface area contributed by atoms with Crippen molar-refractivity contribution in [2.45, 2.75) is 25.3 Å². The van der Waals surface area contributed by atoms with Crippen molar-refractivity contribution in [3.8, 4) is 0 Å². The summed E-state index contributed by atoms with van der Waals surface area (Å²) in [6.45, 7) is 0.220. The lowest BCUT2D eigenvalue weighted by molar-refractivity contribution is -0.137. The van der Waals surface area contributed by atoms with Crippen LogP contribution in [-0.4, -0.2) is 50.0 Å². The van der Waals surface area contributed by atoms with Gasteiger partial charge in [0.05, 0.1) is 11.8 Å². The molecule has 1 amide bonds. The molecular weight excluding hydrogens is 248 g/mol. The smallest absolute Gasteiger partial charge is 0.303 e. The molecule has 0 radical (unpaired) electrons. The molecule has 17 heavy (non-hydrogen) atoms. The van der Waals surface area contributed by atoms with E-state index in [1.54, 1.807) is 0 Å². The van der Waals surface area contributed by atoms with E-state index < -0.39 is 27.8 Å². The van der Waals surface area contributed by atoms with Gasteiger partial charge in [-0.2, -0.15) is 0 Å². The first-order chi connectivity index (χ1) is 7.72. The van der Waals surface area contributed by atoms with Gasteiger partial charge in [-0.25, -0.2) is 8.42 Å². The number of hydrogen-bond acceptors (Lipinski definition) is 5. The molecule has 0 bridgehead atoms. The fraction of sp³-hybridized carbons (Fsp3) is 0.778. The van der Waals surface area contributed by atoms with Gasteiger partial charge in [0, 0.05) is 19.2 Å². The van der Waals surface area contributed by atoms with Crippen LogP contribution in [0.1, 0.15) is 19.3 Å². The normalized spacial score (nSPS) is 13.1. The molecule has 0 aromatic heterocycles. The summed E-state index contributed by atoms with van der Waals surface area (Å²) in [6.07, 6.45) is 1.42. The molecule has 0 saturated heterocycles. The van der Waals surface area contributed by atoms with Crippen LogP contribution in [0.3, 0.4) is 0 Å². The van der Waals surface area contributed by atoms with E-state index in [1.165, 1.54) is 0 Å². The van der Waals surface area contributed by atoms with E-state index in [-0.39, 0.29) is 25.1 Å². The molecule has 0 aromatic carbocycles.